The Morgan fingerprint density at radius 3 is 2.71 bits per heavy atom. The quantitative estimate of drug-likeness (QED) is 0.804. The maximum Gasteiger partial charge on any atom is 0.127 e. The third-order valence-corrected chi connectivity index (χ3v) is 1.63. The summed E-state index contributed by atoms with van der Waals surface area (Å²) in [4.78, 5) is 0. The zero-order valence-electron chi connectivity index (χ0n) is 8.33. The van der Waals surface area contributed by atoms with Gasteiger partial charge in [-0.3, -0.25) is 0 Å². The highest BCUT2D eigenvalue weighted by Crippen LogP contribution is 2.17. The topological polar surface area (TPSA) is 29.5 Å². The Morgan fingerprint density at radius 1 is 1.43 bits per heavy atom. The fourth-order valence-electron chi connectivity index (χ4n) is 1.01. The molecule has 1 radical (unpaired) electrons. The highest BCUT2D eigenvalue weighted by Gasteiger charge is 2.02. The van der Waals surface area contributed by atoms with Crippen molar-refractivity contribution in [2.24, 2.45) is 5.92 Å². The van der Waals surface area contributed by atoms with Crippen LogP contribution in [-0.4, -0.2) is 11.7 Å². The largest absolute Gasteiger partial charge is 0.493 e. The van der Waals surface area contributed by atoms with E-state index >= 15 is 0 Å². The highest BCUT2D eigenvalue weighted by atomic mass is 19.1. The number of hydrogen-bond donors (Lipinski definition) is 1. The van der Waals surface area contributed by atoms with Crippen molar-refractivity contribution in [3.63, 3.8) is 0 Å². The average molecular weight is 197 g/mol. The Kier molecular flexibility index (Phi) is 3.89. The molecule has 0 amide bonds. The summed E-state index contributed by atoms with van der Waals surface area (Å²) in [6.45, 7) is 5.41. The van der Waals surface area contributed by atoms with E-state index in [1.54, 1.807) is 6.07 Å². The van der Waals surface area contributed by atoms with E-state index in [0.717, 1.165) is 6.61 Å². The smallest absolute Gasteiger partial charge is 0.127 e. The van der Waals surface area contributed by atoms with Crippen molar-refractivity contribution in [1.82, 2.24) is 0 Å². The van der Waals surface area contributed by atoms with Crippen LogP contribution >= 0.6 is 0 Å². The standard InChI is InChI=1S/C11H14FO2/c1-8(2)7-14-11-4-9(6-13)3-10(12)5-11/h3-6,8,13H,7H2,1-2H3. The molecular formula is C11H14FO2. The second kappa shape index (κ2) is 4.96. The first-order valence-electron chi connectivity index (χ1n) is 4.52. The van der Waals surface area contributed by atoms with Crippen LogP contribution in [0.25, 0.3) is 0 Å². The molecule has 0 saturated heterocycles. The summed E-state index contributed by atoms with van der Waals surface area (Å²) in [5, 5.41) is 8.72. The van der Waals surface area contributed by atoms with Gasteiger partial charge in [0.15, 0.2) is 0 Å². The van der Waals surface area contributed by atoms with Crippen LogP contribution in [0.15, 0.2) is 18.2 Å². The summed E-state index contributed by atoms with van der Waals surface area (Å²) < 4.78 is 18.2. The number of benzene rings is 1. The molecule has 0 heterocycles. The van der Waals surface area contributed by atoms with Gasteiger partial charge in [0.05, 0.1) is 6.61 Å². The summed E-state index contributed by atoms with van der Waals surface area (Å²) in [6.07, 6.45) is 0. The number of halogens is 1. The molecule has 0 unspecified atom stereocenters. The van der Waals surface area contributed by atoms with Gasteiger partial charge in [0.2, 0.25) is 0 Å². The van der Waals surface area contributed by atoms with Gasteiger partial charge in [-0.2, -0.15) is 0 Å². The molecular weight excluding hydrogens is 183 g/mol. The average Bonchev–Trinajstić information content (AvgIpc) is 2.14. The number of hydrogen-bond acceptors (Lipinski definition) is 2. The van der Waals surface area contributed by atoms with Crippen molar-refractivity contribution in [1.29, 1.82) is 0 Å². The van der Waals surface area contributed by atoms with Crippen molar-refractivity contribution >= 4 is 0 Å². The van der Waals surface area contributed by atoms with Gasteiger partial charge in [-0.05, 0) is 23.6 Å². The molecule has 0 fully saturated rings. The second-order valence-corrected chi connectivity index (χ2v) is 3.55. The van der Waals surface area contributed by atoms with Gasteiger partial charge in [-0.15, -0.1) is 0 Å². The molecule has 0 aliphatic rings. The van der Waals surface area contributed by atoms with Crippen LogP contribution in [0.5, 0.6) is 5.75 Å². The lowest BCUT2D eigenvalue weighted by Crippen LogP contribution is -2.04. The maximum absolute atomic E-state index is 12.9. The van der Waals surface area contributed by atoms with E-state index in [4.69, 9.17) is 9.84 Å². The molecule has 2 nitrogen and oxygen atoms in total. The molecule has 0 aliphatic heterocycles. The van der Waals surface area contributed by atoms with Gasteiger partial charge in [0.1, 0.15) is 18.2 Å². The van der Waals surface area contributed by atoms with Crippen molar-refractivity contribution < 1.29 is 14.2 Å². The van der Waals surface area contributed by atoms with E-state index in [0.29, 0.717) is 23.8 Å². The van der Waals surface area contributed by atoms with Crippen LogP contribution in [0.2, 0.25) is 0 Å². The summed E-state index contributed by atoms with van der Waals surface area (Å²) >= 11 is 0. The lowest BCUT2D eigenvalue weighted by Gasteiger charge is -2.09. The van der Waals surface area contributed by atoms with Crippen LogP contribution in [0.3, 0.4) is 0 Å². The number of aliphatic hydroxyl groups excluding tert-OH is 1. The van der Waals surface area contributed by atoms with Gasteiger partial charge in [-0.25, -0.2) is 4.39 Å². The van der Waals surface area contributed by atoms with E-state index < -0.39 is 5.82 Å². The highest BCUT2D eigenvalue weighted by molar-refractivity contribution is 5.32. The first-order chi connectivity index (χ1) is 6.61. The summed E-state index contributed by atoms with van der Waals surface area (Å²) in [7, 11) is 0. The Bertz CT molecular complexity index is 297. The molecule has 1 aromatic carbocycles. The van der Waals surface area contributed by atoms with Gasteiger partial charge in [-0.1, -0.05) is 13.8 Å². The molecule has 14 heavy (non-hydrogen) atoms. The predicted octanol–water partition coefficient (Wildman–Crippen LogP) is 2.74. The first-order valence-corrected chi connectivity index (χ1v) is 4.52. The molecule has 1 N–H and O–H groups in total. The Morgan fingerprint density at radius 2 is 2.14 bits per heavy atom. The third-order valence-electron chi connectivity index (χ3n) is 1.63. The zero-order chi connectivity index (χ0) is 10.6. The molecule has 3 heteroatoms. The molecule has 1 aromatic rings. The predicted molar refractivity (Wildman–Crippen MR) is 52.1 cm³/mol. The van der Waals surface area contributed by atoms with Crippen molar-refractivity contribution in [3.8, 4) is 5.75 Å². The van der Waals surface area contributed by atoms with Gasteiger partial charge >= 0.3 is 0 Å². The van der Waals surface area contributed by atoms with Crippen LogP contribution < -0.4 is 4.74 Å². The normalized spacial score (nSPS) is 10.6. The summed E-state index contributed by atoms with van der Waals surface area (Å²) in [5.41, 5.74) is 0.406. The molecule has 0 aromatic heterocycles. The molecule has 0 aliphatic carbocycles. The lowest BCUT2D eigenvalue weighted by atomic mass is 10.2. The zero-order valence-corrected chi connectivity index (χ0v) is 8.33. The second-order valence-electron chi connectivity index (χ2n) is 3.55. The van der Waals surface area contributed by atoms with E-state index in [-0.39, 0.29) is 0 Å². The fourth-order valence-corrected chi connectivity index (χ4v) is 1.01. The van der Waals surface area contributed by atoms with E-state index in [1.807, 2.05) is 13.8 Å². The maximum atomic E-state index is 12.9. The van der Waals surface area contributed by atoms with Crippen molar-refractivity contribution in [3.05, 3.63) is 36.2 Å². The van der Waals surface area contributed by atoms with Gasteiger partial charge in [0.25, 0.3) is 0 Å². The number of aliphatic hydroxyl groups is 1. The summed E-state index contributed by atoms with van der Waals surface area (Å²) in [5.74, 6) is 0.422. The minimum absolute atomic E-state index is 0.389. The monoisotopic (exact) mass is 197 g/mol. The Hall–Kier alpha value is -1.09. The van der Waals surface area contributed by atoms with E-state index in [9.17, 15) is 4.39 Å². The van der Waals surface area contributed by atoms with Crippen LogP contribution in [0.1, 0.15) is 19.4 Å². The first kappa shape index (κ1) is 11.0. The van der Waals surface area contributed by atoms with Gasteiger partial charge < -0.3 is 9.84 Å². The third kappa shape index (κ3) is 3.34. The van der Waals surface area contributed by atoms with Gasteiger partial charge in [0, 0.05) is 6.07 Å². The van der Waals surface area contributed by atoms with Crippen molar-refractivity contribution in [2.75, 3.05) is 6.61 Å². The molecule has 0 spiro atoms. The molecule has 0 saturated carbocycles. The minimum atomic E-state index is -0.411. The van der Waals surface area contributed by atoms with Crippen molar-refractivity contribution in [2.45, 2.75) is 13.8 Å². The molecule has 1 rings (SSSR count). The molecule has 77 valence electrons. The summed E-state index contributed by atoms with van der Waals surface area (Å²) in [6, 6.07) is 4.13. The van der Waals surface area contributed by atoms with Crippen LogP contribution in [0.4, 0.5) is 4.39 Å². The minimum Gasteiger partial charge on any atom is -0.493 e. The number of rotatable bonds is 4. The Balaban J connectivity index is 2.71. The molecule has 0 bridgehead atoms. The molecule has 0 atom stereocenters. The SMILES string of the molecule is CC(C)COc1cc(F)cc([CH]O)c1. The fraction of sp³-hybridized carbons (Fsp3) is 0.364. The lowest BCUT2D eigenvalue weighted by molar-refractivity contribution is 0.269. The van der Waals surface area contributed by atoms with E-state index in [1.165, 1.54) is 12.1 Å². The number of ether oxygens (including phenoxy) is 1. The Labute approximate surface area is 83.3 Å². The van der Waals surface area contributed by atoms with Crippen LogP contribution in [0, 0.1) is 18.3 Å². The van der Waals surface area contributed by atoms with E-state index in [2.05, 4.69) is 0 Å². The van der Waals surface area contributed by atoms with Crippen LogP contribution in [-0.2, 0) is 0 Å².